The molecule has 37 heavy (non-hydrogen) atoms. The van der Waals surface area contributed by atoms with E-state index in [1.165, 1.54) is 33.4 Å². The van der Waals surface area contributed by atoms with Crippen molar-refractivity contribution in [3.63, 3.8) is 0 Å². The van der Waals surface area contributed by atoms with Gasteiger partial charge in [-0.2, -0.15) is 0 Å². The van der Waals surface area contributed by atoms with E-state index >= 15 is 0 Å². The Morgan fingerprint density at radius 2 is 1.78 bits per heavy atom. The highest BCUT2D eigenvalue weighted by Gasteiger charge is 2.62. The van der Waals surface area contributed by atoms with Crippen LogP contribution in [0.4, 0.5) is 0 Å². The molecule has 2 heteroatoms. The molecule has 0 N–H and O–H groups in total. The first kappa shape index (κ1) is 25.9. The van der Waals surface area contributed by atoms with E-state index in [0.29, 0.717) is 5.57 Å². The molecule has 0 aromatic heterocycles. The number of rotatable bonds is 5. The third-order valence-electron chi connectivity index (χ3n) is 10.4. The second-order valence-corrected chi connectivity index (χ2v) is 13.0. The van der Waals surface area contributed by atoms with E-state index < -0.39 is 5.41 Å². The fraction of sp³-hybridized carbons (Fsp3) is 0.486. The van der Waals surface area contributed by atoms with Crippen LogP contribution in [0.1, 0.15) is 95.9 Å². The van der Waals surface area contributed by atoms with E-state index in [2.05, 4.69) is 65.0 Å². The lowest BCUT2D eigenvalue weighted by atomic mass is 9.42. The number of carbonyl (C=O) groups excluding carboxylic acids is 2. The van der Waals surface area contributed by atoms with Crippen molar-refractivity contribution in [2.24, 2.45) is 16.2 Å². The third-order valence-corrected chi connectivity index (χ3v) is 10.4. The quantitative estimate of drug-likeness (QED) is 0.385. The molecule has 0 spiro atoms. The smallest absolute Gasteiger partial charge is 0.176 e. The van der Waals surface area contributed by atoms with E-state index in [4.69, 9.17) is 6.58 Å². The highest BCUT2D eigenvalue weighted by molar-refractivity contribution is 6.23. The van der Waals surface area contributed by atoms with E-state index in [1.54, 1.807) is 6.92 Å². The van der Waals surface area contributed by atoms with Gasteiger partial charge in [-0.15, -0.1) is 0 Å². The molecule has 0 saturated carbocycles. The normalized spacial score (nSPS) is 30.8. The van der Waals surface area contributed by atoms with Gasteiger partial charge in [-0.1, -0.05) is 67.5 Å². The van der Waals surface area contributed by atoms with Gasteiger partial charge in [-0.25, -0.2) is 0 Å². The summed E-state index contributed by atoms with van der Waals surface area (Å²) in [4.78, 5) is 26.6. The molecule has 0 radical (unpaired) electrons. The zero-order valence-corrected chi connectivity index (χ0v) is 23.9. The lowest BCUT2D eigenvalue weighted by Crippen LogP contribution is -2.56. The van der Waals surface area contributed by atoms with Crippen molar-refractivity contribution in [3.8, 4) is 0 Å². The number of carbonyl (C=O) groups is 2. The molecule has 4 aliphatic carbocycles. The monoisotopic (exact) mass is 494 g/mol. The van der Waals surface area contributed by atoms with Gasteiger partial charge < -0.3 is 0 Å². The number of ketones is 2. The molecule has 3 atom stereocenters. The Bertz CT molecular complexity index is 1380. The summed E-state index contributed by atoms with van der Waals surface area (Å²) in [7, 11) is 0. The van der Waals surface area contributed by atoms with Crippen molar-refractivity contribution >= 4 is 17.1 Å². The Labute approximate surface area is 223 Å². The molecule has 2 nitrogen and oxygen atoms in total. The summed E-state index contributed by atoms with van der Waals surface area (Å²) in [5.74, 6) is -0.0903. The van der Waals surface area contributed by atoms with Crippen LogP contribution in [-0.4, -0.2) is 11.6 Å². The van der Waals surface area contributed by atoms with Crippen LogP contribution in [0, 0.1) is 23.2 Å². The number of hydrogen-bond donors (Lipinski definition) is 0. The van der Waals surface area contributed by atoms with Crippen molar-refractivity contribution in [3.05, 3.63) is 87.1 Å². The fourth-order valence-electron chi connectivity index (χ4n) is 8.65. The SMILES string of the molecule is C=C1C2=C(C)[C@@]3(C)C(=O)C(C(C)=O)=C(C)C[C@@]3(C)C[C@@]2(C)Cc2c(CCCC3=CC=CC3)ccc(C)c21. The molecule has 1 aromatic rings. The van der Waals surface area contributed by atoms with Gasteiger partial charge in [-0.3, -0.25) is 9.59 Å². The minimum Gasteiger partial charge on any atom is -0.294 e. The molecular weight excluding hydrogens is 452 g/mol. The number of benzene rings is 1. The number of Topliss-reactive ketones (excluding diaryl/α,β-unsaturated/α-hetero) is 2. The largest absolute Gasteiger partial charge is 0.294 e. The Morgan fingerprint density at radius 1 is 1.05 bits per heavy atom. The van der Waals surface area contributed by atoms with Crippen molar-refractivity contribution in [1.82, 2.24) is 0 Å². The van der Waals surface area contributed by atoms with Crippen molar-refractivity contribution in [2.75, 3.05) is 0 Å². The lowest BCUT2D eigenvalue weighted by molar-refractivity contribution is -0.134. The molecule has 194 valence electrons. The predicted molar refractivity (Wildman–Crippen MR) is 153 cm³/mol. The maximum atomic E-state index is 14.1. The van der Waals surface area contributed by atoms with Crippen LogP contribution in [-0.2, 0) is 22.4 Å². The molecule has 0 fully saturated rings. The standard InChI is InChI=1S/C35H42O2/c1-21-16-17-27(15-11-14-26-12-9-10-13-26)28-19-33(6)20-34(7)18-22(2)30(25(5)36)32(37)35(34,8)24(4)31(33)23(3)29(21)28/h9-10,12,16-17H,3,11,13-15,18-20H2,1-2,4-8H3/t33-,34+,35+/m1/s1. The van der Waals surface area contributed by atoms with Gasteiger partial charge in [0.05, 0.1) is 11.0 Å². The van der Waals surface area contributed by atoms with Crippen LogP contribution in [0.25, 0.3) is 5.57 Å². The van der Waals surface area contributed by atoms with E-state index in [1.807, 2.05) is 6.92 Å². The summed E-state index contributed by atoms with van der Waals surface area (Å²) >= 11 is 0. The van der Waals surface area contributed by atoms with Crippen LogP contribution in [0.15, 0.2) is 64.8 Å². The van der Waals surface area contributed by atoms with Crippen LogP contribution in [0.5, 0.6) is 0 Å². The number of fused-ring (bicyclic) bond motifs is 3. The molecule has 4 aliphatic rings. The minimum absolute atomic E-state index is 0.0121. The first-order chi connectivity index (χ1) is 17.3. The topological polar surface area (TPSA) is 34.1 Å². The van der Waals surface area contributed by atoms with Gasteiger partial charge in [0.2, 0.25) is 0 Å². The molecule has 0 bridgehead atoms. The summed E-state index contributed by atoms with van der Waals surface area (Å²) in [6.45, 7) is 19.4. The van der Waals surface area contributed by atoms with Crippen LogP contribution >= 0.6 is 0 Å². The Morgan fingerprint density at radius 3 is 2.43 bits per heavy atom. The van der Waals surface area contributed by atoms with Gasteiger partial charge in [-0.05, 0) is 124 Å². The van der Waals surface area contributed by atoms with Crippen molar-refractivity contribution in [1.29, 1.82) is 0 Å². The van der Waals surface area contributed by atoms with E-state index in [-0.39, 0.29) is 22.4 Å². The van der Waals surface area contributed by atoms with Gasteiger partial charge in [0.25, 0.3) is 0 Å². The molecule has 0 amide bonds. The maximum absolute atomic E-state index is 14.1. The maximum Gasteiger partial charge on any atom is 0.176 e. The fourth-order valence-corrected chi connectivity index (χ4v) is 8.65. The van der Waals surface area contributed by atoms with E-state index in [0.717, 1.165) is 61.7 Å². The zero-order chi connectivity index (χ0) is 26.9. The number of allylic oxidation sites excluding steroid dienone is 9. The zero-order valence-electron chi connectivity index (χ0n) is 23.9. The third kappa shape index (κ3) is 3.66. The Hall–Kier alpha value is -2.74. The summed E-state index contributed by atoms with van der Waals surface area (Å²) in [6.07, 6.45) is 13.9. The first-order valence-corrected chi connectivity index (χ1v) is 14.0. The molecule has 0 unspecified atom stereocenters. The summed E-state index contributed by atoms with van der Waals surface area (Å²) in [5, 5.41) is 0. The first-order valence-electron chi connectivity index (χ1n) is 14.0. The van der Waals surface area contributed by atoms with Gasteiger partial charge in [0.15, 0.2) is 11.6 Å². The van der Waals surface area contributed by atoms with E-state index in [9.17, 15) is 9.59 Å². The summed E-state index contributed by atoms with van der Waals surface area (Å²) in [6, 6.07) is 4.60. The van der Waals surface area contributed by atoms with Gasteiger partial charge >= 0.3 is 0 Å². The molecule has 1 aromatic carbocycles. The Kier molecular flexibility index (Phi) is 6.05. The molecule has 0 aliphatic heterocycles. The highest BCUT2D eigenvalue weighted by atomic mass is 16.1. The highest BCUT2D eigenvalue weighted by Crippen LogP contribution is 2.67. The molecular formula is C35H42O2. The lowest BCUT2D eigenvalue weighted by Gasteiger charge is -2.60. The average molecular weight is 495 g/mol. The van der Waals surface area contributed by atoms with Crippen molar-refractivity contribution < 1.29 is 9.59 Å². The minimum atomic E-state index is -0.697. The predicted octanol–water partition coefficient (Wildman–Crippen LogP) is 8.39. The summed E-state index contributed by atoms with van der Waals surface area (Å²) < 4.78 is 0. The number of aryl methyl sites for hydroxylation is 2. The van der Waals surface area contributed by atoms with Gasteiger partial charge in [0.1, 0.15) is 0 Å². The second kappa shape index (κ2) is 8.65. The average Bonchev–Trinajstić information content (AvgIpc) is 3.31. The molecule has 0 saturated heterocycles. The molecule has 0 heterocycles. The van der Waals surface area contributed by atoms with Crippen LogP contribution in [0.3, 0.4) is 0 Å². The number of hydrogen-bond acceptors (Lipinski definition) is 2. The van der Waals surface area contributed by atoms with Gasteiger partial charge in [0, 0.05) is 0 Å². The second-order valence-electron chi connectivity index (χ2n) is 13.0. The molecule has 5 rings (SSSR count). The van der Waals surface area contributed by atoms with Crippen LogP contribution < -0.4 is 0 Å². The summed E-state index contributed by atoms with van der Waals surface area (Å²) in [5.41, 5.74) is 10.9. The van der Waals surface area contributed by atoms with Crippen molar-refractivity contribution in [2.45, 2.75) is 93.4 Å². The Balaban J connectivity index is 1.60. The van der Waals surface area contributed by atoms with Crippen LogP contribution in [0.2, 0.25) is 0 Å².